The molecule has 1 fully saturated rings. The summed E-state index contributed by atoms with van der Waals surface area (Å²) in [5.41, 5.74) is 9.94. The molecule has 0 aliphatic carbocycles. The molecule has 0 unspecified atom stereocenters. The van der Waals surface area contributed by atoms with E-state index < -0.39 is 0 Å². The summed E-state index contributed by atoms with van der Waals surface area (Å²) in [6.07, 6.45) is 4.33. The van der Waals surface area contributed by atoms with E-state index in [0.717, 1.165) is 49.2 Å². The zero-order chi connectivity index (χ0) is 25.2. The third-order valence-electron chi connectivity index (χ3n) is 6.85. The van der Waals surface area contributed by atoms with Crippen LogP contribution in [0.25, 0.3) is 22.2 Å². The lowest BCUT2D eigenvalue weighted by Crippen LogP contribution is -3.00. The van der Waals surface area contributed by atoms with Crippen molar-refractivity contribution in [1.29, 1.82) is 0 Å². The van der Waals surface area contributed by atoms with Crippen LogP contribution in [0.4, 0.5) is 11.6 Å². The van der Waals surface area contributed by atoms with Crippen LogP contribution < -0.4 is 38.2 Å². The van der Waals surface area contributed by atoms with Crippen LogP contribution in [-0.2, 0) is 24.4 Å². The number of nitrogens with zero attached hydrogens (tertiary/aromatic N) is 5. The molecular formula is C25H33Cl2N9O2. The summed E-state index contributed by atoms with van der Waals surface area (Å²) in [6, 6.07) is 7.77. The highest BCUT2D eigenvalue weighted by molar-refractivity contribution is 5.97. The molecule has 1 aromatic carbocycles. The predicted molar refractivity (Wildman–Crippen MR) is 145 cm³/mol. The number of fused-ring (bicyclic) bond motifs is 2. The number of halogens is 2. The lowest BCUT2D eigenvalue weighted by molar-refractivity contribution is -0.676. The lowest BCUT2D eigenvalue weighted by atomic mass is 10.1. The molecule has 0 bridgehead atoms. The second-order valence-corrected chi connectivity index (χ2v) is 8.98. The lowest BCUT2D eigenvalue weighted by Gasteiger charge is -2.23. The Morgan fingerprint density at radius 1 is 1.26 bits per heavy atom. The Hall–Kier alpha value is -3.41. The number of hydrogen-bond donors (Lipinski definition) is 4. The van der Waals surface area contributed by atoms with Gasteiger partial charge in [-0.3, -0.25) is 14.5 Å². The summed E-state index contributed by atoms with van der Waals surface area (Å²) >= 11 is 0. The maximum absolute atomic E-state index is 13.0. The van der Waals surface area contributed by atoms with E-state index in [4.69, 9.17) is 5.73 Å². The zero-order valence-corrected chi connectivity index (χ0v) is 23.0. The van der Waals surface area contributed by atoms with Gasteiger partial charge in [-0.15, -0.1) is 12.4 Å². The third kappa shape index (κ3) is 5.40. The van der Waals surface area contributed by atoms with Crippen LogP contribution in [0, 0.1) is 0 Å². The fourth-order valence-corrected chi connectivity index (χ4v) is 5.04. The number of piperidine rings is 1. The molecule has 1 aliphatic heterocycles. The highest BCUT2D eigenvalue weighted by atomic mass is 35.5. The van der Waals surface area contributed by atoms with Crippen LogP contribution in [0.5, 0.6) is 0 Å². The highest BCUT2D eigenvalue weighted by Crippen LogP contribution is 2.24. The Bertz CT molecular complexity index is 1430. The molecule has 4 aromatic rings. The number of nitrogens with one attached hydrogen (secondary N) is 3. The fourth-order valence-electron chi connectivity index (χ4n) is 5.04. The Labute approximate surface area is 233 Å². The van der Waals surface area contributed by atoms with Crippen LogP contribution >= 0.6 is 12.4 Å². The first-order chi connectivity index (χ1) is 17.5. The summed E-state index contributed by atoms with van der Waals surface area (Å²) in [7, 11) is 0. The third-order valence-corrected chi connectivity index (χ3v) is 6.85. The van der Waals surface area contributed by atoms with Crippen molar-refractivity contribution in [3.63, 3.8) is 0 Å². The van der Waals surface area contributed by atoms with Crippen molar-refractivity contribution < 1.29 is 26.6 Å². The second kappa shape index (κ2) is 12.4. The number of H-pyrrole nitrogens is 1. The van der Waals surface area contributed by atoms with E-state index in [1.807, 2.05) is 18.2 Å². The average Bonchev–Trinajstić information content (AvgIpc) is 3.47. The number of nitrogens with two attached hydrogens (primary N) is 1. The molecule has 3 aromatic heterocycles. The van der Waals surface area contributed by atoms with Gasteiger partial charge in [0, 0.05) is 23.9 Å². The number of nitrogen functional groups attached to an aromatic ring is 1. The number of imidazole rings is 1. The predicted octanol–water partition coefficient (Wildman–Crippen LogP) is -1.11. The molecule has 11 nitrogen and oxygen atoms in total. The molecule has 13 heteroatoms. The molecular weight excluding hydrogens is 529 g/mol. The summed E-state index contributed by atoms with van der Waals surface area (Å²) in [5.74, 6) is 1.34. The topological polar surface area (TPSA) is 138 Å². The molecule has 38 heavy (non-hydrogen) atoms. The summed E-state index contributed by atoms with van der Waals surface area (Å²) in [6.45, 7) is 7.57. The van der Waals surface area contributed by atoms with Crippen molar-refractivity contribution in [2.75, 3.05) is 23.7 Å². The maximum Gasteiger partial charge on any atom is 0.277 e. The Balaban J connectivity index is 0.00000200. The molecule has 1 aliphatic rings. The van der Waals surface area contributed by atoms with Crippen molar-refractivity contribution in [3.05, 3.63) is 41.9 Å². The monoisotopic (exact) mass is 561 g/mol. The highest BCUT2D eigenvalue weighted by Gasteiger charge is 2.28. The number of rotatable bonds is 8. The van der Waals surface area contributed by atoms with E-state index in [0.29, 0.717) is 35.6 Å². The van der Waals surface area contributed by atoms with Crippen LogP contribution in [0.1, 0.15) is 42.9 Å². The number of aromatic amines is 1. The first-order valence-electron chi connectivity index (χ1n) is 12.4. The van der Waals surface area contributed by atoms with Crippen LogP contribution in [0.2, 0.25) is 0 Å². The van der Waals surface area contributed by atoms with Gasteiger partial charge >= 0.3 is 0 Å². The van der Waals surface area contributed by atoms with Crippen molar-refractivity contribution in [2.24, 2.45) is 0 Å². The Morgan fingerprint density at radius 3 is 2.71 bits per heavy atom. The Kier molecular flexibility index (Phi) is 9.53. The molecule has 0 spiro atoms. The van der Waals surface area contributed by atoms with Gasteiger partial charge in [0.2, 0.25) is 6.41 Å². The summed E-state index contributed by atoms with van der Waals surface area (Å²) in [4.78, 5) is 38.6. The molecule has 4 heterocycles. The van der Waals surface area contributed by atoms with Crippen LogP contribution in [0.15, 0.2) is 30.5 Å². The smallest absolute Gasteiger partial charge is 0.277 e. The van der Waals surface area contributed by atoms with E-state index in [9.17, 15) is 9.59 Å². The van der Waals surface area contributed by atoms with Crippen molar-refractivity contribution >= 4 is 58.6 Å². The van der Waals surface area contributed by atoms with Crippen molar-refractivity contribution in [3.8, 4) is 0 Å². The molecule has 204 valence electrons. The number of carbonyl (C=O) groups excluding carboxylic acids is 2. The minimum Gasteiger partial charge on any atom is -1.00 e. The van der Waals surface area contributed by atoms with Crippen molar-refractivity contribution in [2.45, 2.75) is 52.4 Å². The van der Waals surface area contributed by atoms with E-state index in [1.165, 1.54) is 4.90 Å². The number of hydrogen-bond acceptors (Lipinski definition) is 6. The number of carbonyl (C=O) groups is 2. The largest absolute Gasteiger partial charge is 1.00 e. The number of amides is 2. The van der Waals surface area contributed by atoms with E-state index in [1.54, 1.807) is 12.3 Å². The van der Waals surface area contributed by atoms with Gasteiger partial charge in [-0.05, 0) is 58.0 Å². The molecule has 1 saturated heterocycles. The Morgan fingerprint density at radius 2 is 2.03 bits per heavy atom. The van der Waals surface area contributed by atoms with Gasteiger partial charge in [0.05, 0.1) is 13.1 Å². The van der Waals surface area contributed by atoms with Gasteiger partial charge in [-0.25, -0.2) is 19.1 Å². The second-order valence-electron chi connectivity index (χ2n) is 8.98. The maximum atomic E-state index is 13.0. The van der Waals surface area contributed by atoms with E-state index in [-0.39, 0.29) is 49.1 Å². The number of aromatic nitrogens is 5. The number of anilines is 2. The number of benzene rings is 1. The van der Waals surface area contributed by atoms with Gasteiger partial charge in [0.1, 0.15) is 12.1 Å². The van der Waals surface area contributed by atoms with Gasteiger partial charge in [0.25, 0.3) is 11.7 Å². The van der Waals surface area contributed by atoms with Crippen molar-refractivity contribution in [1.82, 2.24) is 30.2 Å². The van der Waals surface area contributed by atoms with E-state index in [2.05, 4.69) is 48.6 Å². The molecule has 0 saturated carbocycles. The van der Waals surface area contributed by atoms with Gasteiger partial charge < -0.3 is 33.8 Å². The summed E-state index contributed by atoms with van der Waals surface area (Å²) in [5, 5.41) is 6.49. The number of aryl methyl sites for hydroxylation is 2. The van der Waals surface area contributed by atoms with Gasteiger partial charge in [0.15, 0.2) is 28.3 Å². The first kappa shape index (κ1) is 29.2. The van der Waals surface area contributed by atoms with Crippen LogP contribution in [-0.4, -0.2) is 51.0 Å². The first-order valence-corrected chi connectivity index (χ1v) is 12.4. The molecule has 0 radical (unpaired) electrons. The molecule has 5 N–H and O–H groups in total. The molecule has 0 atom stereocenters. The summed E-state index contributed by atoms with van der Waals surface area (Å²) < 4.78 is 4.29. The standard InChI is InChI=1S/C25H31N9O2.2ClH/c1-3-33-19-6-5-16(25(36)29-17-7-10-27-11-8-17)13-20(19)34(4-2)21(33)14-32(15-35)24-22(26)31-23-18(30-24)9-12-28-23;;/h5-6,9,12-13,15,17,27H,3-4,7-8,10-11,14H2,1-2H3,(H3-,26,28,29,30,31,36);2*1H. The normalized spacial score (nSPS) is 13.6. The van der Waals surface area contributed by atoms with Gasteiger partial charge in [-0.2, -0.15) is 0 Å². The van der Waals surface area contributed by atoms with Gasteiger partial charge in [-0.1, -0.05) is 0 Å². The molecule has 2 amide bonds. The van der Waals surface area contributed by atoms with E-state index >= 15 is 0 Å². The quantitative estimate of drug-likeness (QED) is 0.159. The van der Waals surface area contributed by atoms with Crippen LogP contribution in [0.3, 0.4) is 0 Å². The fraction of sp³-hybridized carbons (Fsp3) is 0.400. The minimum atomic E-state index is -0.0605. The average molecular weight is 563 g/mol. The zero-order valence-electron chi connectivity index (χ0n) is 21.4. The minimum absolute atomic E-state index is 0. The molecule has 5 rings (SSSR count). The SMILES string of the molecule is CCn1c(CN(C=O)c2nc3cc[nH]c3nc2N)[n+](CC)c2ccc(C(=O)NC3CCNCC3)cc21.Cl.[Cl-].